The molecule has 1 heterocycles. The maximum Gasteiger partial charge on any atom is 0.127 e. The quantitative estimate of drug-likeness (QED) is 0.894. The Balaban J connectivity index is 2.13. The van der Waals surface area contributed by atoms with E-state index in [9.17, 15) is 0 Å². The van der Waals surface area contributed by atoms with E-state index in [1.165, 1.54) is 36.8 Å². The highest BCUT2D eigenvalue weighted by Gasteiger charge is 2.41. The molecule has 3 heteroatoms. The Labute approximate surface area is 123 Å². The molecule has 0 spiro atoms. The van der Waals surface area contributed by atoms with Crippen molar-refractivity contribution in [1.82, 2.24) is 0 Å². The van der Waals surface area contributed by atoms with Crippen LogP contribution in [0.4, 0.5) is 0 Å². The van der Waals surface area contributed by atoms with Gasteiger partial charge < -0.3 is 10.5 Å². The van der Waals surface area contributed by atoms with Crippen LogP contribution in [0.15, 0.2) is 16.6 Å². The van der Waals surface area contributed by atoms with Gasteiger partial charge in [-0.05, 0) is 44.4 Å². The van der Waals surface area contributed by atoms with Gasteiger partial charge in [0.25, 0.3) is 0 Å². The Morgan fingerprint density at radius 3 is 2.58 bits per heavy atom. The van der Waals surface area contributed by atoms with Crippen molar-refractivity contribution >= 4 is 15.9 Å². The van der Waals surface area contributed by atoms with Crippen molar-refractivity contribution in [2.75, 3.05) is 6.54 Å². The van der Waals surface area contributed by atoms with Crippen LogP contribution in [0.1, 0.15) is 50.7 Å². The van der Waals surface area contributed by atoms with Crippen molar-refractivity contribution in [2.24, 2.45) is 5.73 Å². The SMILES string of the molecule is CC1(C)Cc2cc(Br)cc(C3(CN)CCCC3)c2O1. The first-order valence-electron chi connectivity index (χ1n) is 7.18. The molecule has 2 nitrogen and oxygen atoms in total. The minimum atomic E-state index is -0.0910. The van der Waals surface area contributed by atoms with Crippen LogP contribution in [-0.4, -0.2) is 12.1 Å². The lowest BCUT2D eigenvalue weighted by atomic mass is 9.78. The highest BCUT2D eigenvalue weighted by molar-refractivity contribution is 9.10. The minimum absolute atomic E-state index is 0.0910. The van der Waals surface area contributed by atoms with E-state index in [0.29, 0.717) is 0 Å². The summed E-state index contributed by atoms with van der Waals surface area (Å²) in [5.74, 6) is 1.11. The molecule has 0 bridgehead atoms. The smallest absolute Gasteiger partial charge is 0.127 e. The zero-order valence-corrected chi connectivity index (χ0v) is 13.3. The van der Waals surface area contributed by atoms with Gasteiger partial charge in [-0.15, -0.1) is 0 Å². The molecule has 104 valence electrons. The monoisotopic (exact) mass is 323 g/mol. The van der Waals surface area contributed by atoms with E-state index in [-0.39, 0.29) is 11.0 Å². The number of ether oxygens (including phenoxy) is 1. The van der Waals surface area contributed by atoms with E-state index in [0.717, 1.165) is 23.2 Å². The predicted molar refractivity (Wildman–Crippen MR) is 81.8 cm³/mol. The van der Waals surface area contributed by atoms with E-state index in [2.05, 4.69) is 41.9 Å². The lowest BCUT2D eigenvalue weighted by molar-refractivity contribution is 0.135. The zero-order valence-electron chi connectivity index (χ0n) is 11.8. The van der Waals surface area contributed by atoms with Gasteiger partial charge in [-0.25, -0.2) is 0 Å². The van der Waals surface area contributed by atoms with Gasteiger partial charge in [-0.2, -0.15) is 0 Å². The predicted octanol–water partition coefficient (Wildman–Crippen LogP) is 3.93. The average Bonchev–Trinajstić information content (AvgIpc) is 2.91. The van der Waals surface area contributed by atoms with Crippen LogP contribution in [-0.2, 0) is 11.8 Å². The van der Waals surface area contributed by atoms with Gasteiger partial charge in [-0.1, -0.05) is 28.8 Å². The normalized spacial score (nSPS) is 23.2. The lowest BCUT2D eigenvalue weighted by Crippen LogP contribution is -2.33. The first kappa shape index (κ1) is 13.4. The van der Waals surface area contributed by atoms with Crippen molar-refractivity contribution in [3.63, 3.8) is 0 Å². The van der Waals surface area contributed by atoms with Gasteiger partial charge in [0, 0.05) is 28.4 Å². The van der Waals surface area contributed by atoms with Gasteiger partial charge in [0.2, 0.25) is 0 Å². The molecule has 1 aliphatic heterocycles. The summed E-state index contributed by atoms with van der Waals surface area (Å²) >= 11 is 3.66. The molecule has 0 saturated heterocycles. The Bertz CT molecular complexity index is 504. The third-order valence-electron chi connectivity index (χ3n) is 4.65. The fraction of sp³-hybridized carbons (Fsp3) is 0.625. The largest absolute Gasteiger partial charge is 0.487 e. The molecule has 2 aliphatic rings. The van der Waals surface area contributed by atoms with Crippen molar-refractivity contribution in [3.05, 3.63) is 27.7 Å². The molecule has 0 radical (unpaired) electrons. The molecule has 0 unspecified atom stereocenters. The summed E-state index contributed by atoms with van der Waals surface area (Å²) in [6.07, 6.45) is 5.92. The van der Waals surface area contributed by atoms with E-state index >= 15 is 0 Å². The van der Waals surface area contributed by atoms with E-state index in [1.807, 2.05) is 0 Å². The Hall–Kier alpha value is -0.540. The van der Waals surface area contributed by atoms with Crippen molar-refractivity contribution in [1.29, 1.82) is 0 Å². The topological polar surface area (TPSA) is 35.2 Å². The van der Waals surface area contributed by atoms with E-state index < -0.39 is 0 Å². The third kappa shape index (κ3) is 2.21. The first-order valence-corrected chi connectivity index (χ1v) is 7.97. The van der Waals surface area contributed by atoms with Crippen LogP contribution < -0.4 is 10.5 Å². The molecule has 0 amide bonds. The molecular weight excluding hydrogens is 302 g/mol. The van der Waals surface area contributed by atoms with Gasteiger partial charge >= 0.3 is 0 Å². The number of rotatable bonds is 2. The summed E-state index contributed by atoms with van der Waals surface area (Å²) < 4.78 is 7.40. The summed E-state index contributed by atoms with van der Waals surface area (Å²) in [6.45, 7) is 5.04. The standard InChI is InChI=1S/C16H22BrNO/c1-15(2)9-11-7-12(17)8-13(14(11)19-15)16(10-18)5-3-4-6-16/h7-8H,3-6,9-10,18H2,1-2H3. The average molecular weight is 324 g/mol. The van der Waals surface area contributed by atoms with Crippen LogP contribution in [0.25, 0.3) is 0 Å². The summed E-state index contributed by atoms with van der Waals surface area (Å²) in [5.41, 5.74) is 8.85. The Kier molecular flexibility index (Phi) is 3.18. The van der Waals surface area contributed by atoms with Gasteiger partial charge in [-0.3, -0.25) is 0 Å². The van der Waals surface area contributed by atoms with Crippen LogP contribution in [0.2, 0.25) is 0 Å². The molecule has 1 fully saturated rings. The van der Waals surface area contributed by atoms with Crippen molar-refractivity contribution in [3.8, 4) is 5.75 Å². The molecule has 1 aliphatic carbocycles. The van der Waals surface area contributed by atoms with Crippen LogP contribution in [0.5, 0.6) is 5.75 Å². The molecule has 1 aromatic carbocycles. The Morgan fingerprint density at radius 2 is 1.95 bits per heavy atom. The number of halogens is 1. The molecule has 3 rings (SSSR count). The molecular formula is C16H22BrNO. The highest BCUT2D eigenvalue weighted by Crippen LogP contribution is 2.49. The maximum absolute atomic E-state index is 6.24. The van der Waals surface area contributed by atoms with Crippen LogP contribution in [0, 0.1) is 0 Å². The molecule has 2 N–H and O–H groups in total. The second-order valence-corrected chi connectivity index (χ2v) is 7.59. The fourth-order valence-electron chi connectivity index (χ4n) is 3.70. The molecule has 19 heavy (non-hydrogen) atoms. The van der Waals surface area contributed by atoms with E-state index in [1.54, 1.807) is 0 Å². The molecule has 1 saturated carbocycles. The van der Waals surface area contributed by atoms with Gasteiger partial charge in [0.05, 0.1) is 0 Å². The number of fused-ring (bicyclic) bond motifs is 1. The second kappa shape index (κ2) is 4.49. The second-order valence-electron chi connectivity index (χ2n) is 6.67. The zero-order chi connectivity index (χ0) is 13.7. The van der Waals surface area contributed by atoms with E-state index in [4.69, 9.17) is 10.5 Å². The molecule has 0 aromatic heterocycles. The summed E-state index contributed by atoms with van der Waals surface area (Å²) in [4.78, 5) is 0. The molecule has 1 aromatic rings. The summed E-state index contributed by atoms with van der Waals surface area (Å²) in [6, 6.07) is 4.44. The summed E-state index contributed by atoms with van der Waals surface area (Å²) in [7, 11) is 0. The van der Waals surface area contributed by atoms with Gasteiger partial charge in [0.1, 0.15) is 11.4 Å². The summed E-state index contributed by atoms with van der Waals surface area (Å²) in [5, 5.41) is 0. The van der Waals surface area contributed by atoms with Crippen LogP contribution >= 0.6 is 15.9 Å². The fourth-order valence-corrected chi connectivity index (χ4v) is 4.21. The Morgan fingerprint density at radius 1 is 1.26 bits per heavy atom. The maximum atomic E-state index is 6.24. The van der Waals surface area contributed by atoms with Crippen LogP contribution in [0.3, 0.4) is 0 Å². The number of benzene rings is 1. The minimum Gasteiger partial charge on any atom is -0.487 e. The van der Waals surface area contributed by atoms with Gasteiger partial charge in [0.15, 0.2) is 0 Å². The lowest BCUT2D eigenvalue weighted by Gasteiger charge is -2.30. The number of hydrogen-bond acceptors (Lipinski definition) is 2. The number of nitrogens with two attached hydrogens (primary N) is 1. The van der Waals surface area contributed by atoms with Crippen molar-refractivity contribution < 1.29 is 4.74 Å². The molecule has 0 atom stereocenters. The first-order chi connectivity index (χ1) is 8.96. The highest BCUT2D eigenvalue weighted by atomic mass is 79.9. The van der Waals surface area contributed by atoms with Crippen molar-refractivity contribution in [2.45, 2.75) is 57.0 Å². The third-order valence-corrected chi connectivity index (χ3v) is 5.11. The number of hydrogen-bond donors (Lipinski definition) is 1.